The third-order valence-electron chi connectivity index (χ3n) is 4.89. The number of aromatic nitrogens is 1. The van der Waals surface area contributed by atoms with Crippen molar-refractivity contribution in [1.29, 1.82) is 5.26 Å². The van der Waals surface area contributed by atoms with Crippen LogP contribution < -0.4 is 24.3 Å². The predicted octanol–water partition coefficient (Wildman–Crippen LogP) is 4.78. The minimum Gasteiger partial charge on any atom is -0.493 e. The predicted molar refractivity (Wildman–Crippen MR) is 131 cm³/mol. The third kappa shape index (κ3) is 6.27. The first kappa shape index (κ1) is 24.6. The molecule has 8 nitrogen and oxygen atoms in total. The molecule has 0 aliphatic heterocycles. The van der Waals surface area contributed by atoms with Crippen LogP contribution in [0.3, 0.4) is 0 Å². The van der Waals surface area contributed by atoms with Gasteiger partial charge in [0.1, 0.15) is 30.6 Å². The summed E-state index contributed by atoms with van der Waals surface area (Å²) < 4.78 is 22.6. The van der Waals surface area contributed by atoms with Gasteiger partial charge in [0.25, 0.3) is 5.91 Å². The standard InChI is InChI=1S/C25H25N3O5S/c1-16-5-6-20(11-17(16)2)32-8-9-33-23-21(30-3)13-18(14-22(23)31-4)12-19(15-26)24(29)28-25-27-7-10-34-25/h5-7,10-14H,8-9H2,1-4H3,(H,27,28,29)/b19-12-. The summed E-state index contributed by atoms with van der Waals surface area (Å²) in [4.78, 5) is 16.4. The van der Waals surface area contributed by atoms with Crippen LogP contribution in [0.2, 0.25) is 0 Å². The van der Waals surface area contributed by atoms with Crippen molar-refractivity contribution in [3.8, 4) is 29.1 Å². The van der Waals surface area contributed by atoms with Crippen molar-refractivity contribution in [2.75, 3.05) is 32.8 Å². The van der Waals surface area contributed by atoms with Gasteiger partial charge in [-0.3, -0.25) is 10.1 Å². The summed E-state index contributed by atoms with van der Waals surface area (Å²) >= 11 is 1.26. The second-order valence-electron chi connectivity index (χ2n) is 7.16. The van der Waals surface area contributed by atoms with Crippen molar-refractivity contribution >= 4 is 28.5 Å². The summed E-state index contributed by atoms with van der Waals surface area (Å²) in [6.45, 7) is 4.66. The molecule has 0 spiro atoms. The van der Waals surface area contributed by atoms with Crippen LogP contribution in [0.15, 0.2) is 47.5 Å². The van der Waals surface area contributed by atoms with Crippen LogP contribution in [0.4, 0.5) is 5.13 Å². The maximum atomic E-state index is 12.4. The largest absolute Gasteiger partial charge is 0.493 e. The normalized spacial score (nSPS) is 10.9. The number of thiazole rings is 1. The van der Waals surface area contributed by atoms with E-state index in [0.29, 0.717) is 34.6 Å². The van der Waals surface area contributed by atoms with E-state index in [1.807, 2.05) is 38.1 Å². The Kier molecular flexibility index (Phi) is 8.48. The number of ether oxygens (including phenoxy) is 4. The molecule has 0 saturated carbocycles. The molecule has 2 aromatic carbocycles. The molecule has 0 saturated heterocycles. The van der Waals surface area contributed by atoms with E-state index in [4.69, 9.17) is 18.9 Å². The Morgan fingerprint density at radius 1 is 1.09 bits per heavy atom. The number of nitriles is 1. The lowest BCUT2D eigenvalue weighted by molar-refractivity contribution is -0.112. The SMILES string of the molecule is COc1cc(/C=C(/C#N)C(=O)Nc2nccs2)cc(OC)c1OCCOc1ccc(C)c(C)c1. The van der Waals surface area contributed by atoms with E-state index in [1.54, 1.807) is 23.7 Å². The molecular formula is C25H25N3O5S. The highest BCUT2D eigenvalue weighted by Gasteiger charge is 2.16. The molecule has 0 radical (unpaired) electrons. The van der Waals surface area contributed by atoms with E-state index in [0.717, 1.165) is 11.3 Å². The first-order valence-corrected chi connectivity index (χ1v) is 11.2. The van der Waals surface area contributed by atoms with Gasteiger partial charge < -0.3 is 18.9 Å². The zero-order valence-corrected chi connectivity index (χ0v) is 20.2. The second kappa shape index (κ2) is 11.7. The fourth-order valence-corrected chi connectivity index (χ4v) is 3.52. The molecule has 34 heavy (non-hydrogen) atoms. The number of benzene rings is 2. The molecule has 0 unspecified atom stereocenters. The summed E-state index contributed by atoms with van der Waals surface area (Å²) in [6.07, 6.45) is 3.01. The van der Waals surface area contributed by atoms with Crippen molar-refractivity contribution < 1.29 is 23.7 Å². The van der Waals surface area contributed by atoms with Gasteiger partial charge in [-0.2, -0.15) is 5.26 Å². The molecule has 0 aliphatic carbocycles. The zero-order valence-electron chi connectivity index (χ0n) is 19.4. The van der Waals surface area contributed by atoms with E-state index < -0.39 is 5.91 Å². The van der Waals surface area contributed by atoms with Crippen molar-refractivity contribution in [1.82, 2.24) is 4.98 Å². The van der Waals surface area contributed by atoms with E-state index in [9.17, 15) is 10.1 Å². The van der Waals surface area contributed by atoms with Gasteiger partial charge in [0, 0.05) is 11.6 Å². The number of anilines is 1. The molecule has 0 atom stereocenters. The van der Waals surface area contributed by atoms with Crippen LogP contribution in [-0.2, 0) is 4.79 Å². The van der Waals surface area contributed by atoms with Gasteiger partial charge in [-0.25, -0.2) is 4.98 Å². The lowest BCUT2D eigenvalue weighted by Crippen LogP contribution is -2.13. The van der Waals surface area contributed by atoms with Crippen LogP contribution in [0.25, 0.3) is 6.08 Å². The van der Waals surface area contributed by atoms with Crippen molar-refractivity contribution in [3.05, 3.63) is 64.2 Å². The Morgan fingerprint density at radius 2 is 1.79 bits per heavy atom. The van der Waals surface area contributed by atoms with Crippen molar-refractivity contribution in [2.24, 2.45) is 0 Å². The molecule has 9 heteroatoms. The number of carbonyl (C=O) groups excluding carboxylic acids is 1. The molecule has 1 aromatic heterocycles. The Balaban J connectivity index is 1.72. The van der Waals surface area contributed by atoms with E-state index >= 15 is 0 Å². The number of amides is 1. The average Bonchev–Trinajstić information content (AvgIpc) is 3.35. The Hall–Kier alpha value is -4.03. The van der Waals surface area contributed by atoms with Gasteiger partial charge >= 0.3 is 0 Å². The van der Waals surface area contributed by atoms with Crippen LogP contribution in [0.1, 0.15) is 16.7 Å². The van der Waals surface area contributed by atoms with Gasteiger partial charge in [0.2, 0.25) is 5.75 Å². The molecule has 176 valence electrons. The van der Waals surface area contributed by atoms with Crippen LogP contribution in [-0.4, -0.2) is 38.3 Å². The summed E-state index contributed by atoms with van der Waals surface area (Å²) in [5.41, 5.74) is 2.81. The zero-order chi connectivity index (χ0) is 24.5. The monoisotopic (exact) mass is 479 g/mol. The van der Waals surface area contributed by atoms with E-state index in [1.165, 1.54) is 37.2 Å². The molecule has 0 bridgehead atoms. The quantitative estimate of drug-likeness (QED) is 0.254. The van der Waals surface area contributed by atoms with Gasteiger partial charge in [-0.1, -0.05) is 6.07 Å². The smallest absolute Gasteiger partial charge is 0.268 e. The topological polar surface area (TPSA) is 103 Å². The van der Waals surface area contributed by atoms with Crippen LogP contribution in [0.5, 0.6) is 23.0 Å². The third-order valence-corrected chi connectivity index (χ3v) is 5.58. The summed E-state index contributed by atoms with van der Waals surface area (Å²) in [5, 5.41) is 14.2. The lowest BCUT2D eigenvalue weighted by atomic mass is 10.1. The molecule has 1 amide bonds. The minimum absolute atomic E-state index is 0.0882. The maximum Gasteiger partial charge on any atom is 0.268 e. The first-order chi connectivity index (χ1) is 16.4. The van der Waals surface area contributed by atoms with Gasteiger partial charge in [-0.05, 0) is 60.9 Å². The molecule has 0 fully saturated rings. The summed E-state index contributed by atoms with van der Waals surface area (Å²) in [5.74, 6) is 1.41. The highest BCUT2D eigenvalue weighted by atomic mass is 32.1. The van der Waals surface area contributed by atoms with Crippen molar-refractivity contribution in [3.63, 3.8) is 0 Å². The number of methoxy groups -OCH3 is 2. The number of aryl methyl sites for hydroxylation is 2. The summed E-state index contributed by atoms with van der Waals surface area (Å²) in [6, 6.07) is 11.1. The number of carbonyl (C=O) groups is 1. The molecule has 3 aromatic rings. The minimum atomic E-state index is -0.556. The number of nitrogens with zero attached hydrogens (tertiary/aromatic N) is 2. The van der Waals surface area contributed by atoms with Crippen molar-refractivity contribution in [2.45, 2.75) is 13.8 Å². The fraction of sp³-hybridized carbons (Fsp3) is 0.240. The van der Waals surface area contributed by atoms with Gasteiger partial charge in [0.15, 0.2) is 16.6 Å². The molecule has 3 rings (SSSR count). The first-order valence-electron chi connectivity index (χ1n) is 10.4. The molecular weight excluding hydrogens is 454 g/mol. The number of hydrogen-bond donors (Lipinski definition) is 1. The Labute approximate surface area is 202 Å². The van der Waals surface area contributed by atoms with E-state index in [2.05, 4.69) is 10.3 Å². The number of nitrogens with one attached hydrogen (secondary N) is 1. The summed E-state index contributed by atoms with van der Waals surface area (Å²) in [7, 11) is 3.00. The molecule has 1 heterocycles. The van der Waals surface area contributed by atoms with Gasteiger partial charge in [-0.15, -0.1) is 11.3 Å². The van der Waals surface area contributed by atoms with Crippen LogP contribution in [0, 0.1) is 25.2 Å². The van der Waals surface area contributed by atoms with Crippen LogP contribution >= 0.6 is 11.3 Å². The number of hydrogen-bond acceptors (Lipinski definition) is 8. The highest BCUT2D eigenvalue weighted by Crippen LogP contribution is 2.39. The fourth-order valence-electron chi connectivity index (χ4n) is 3.00. The van der Waals surface area contributed by atoms with E-state index in [-0.39, 0.29) is 12.2 Å². The highest BCUT2D eigenvalue weighted by molar-refractivity contribution is 7.13. The average molecular weight is 480 g/mol. The molecule has 1 N–H and O–H groups in total. The Bertz CT molecular complexity index is 1190. The maximum absolute atomic E-state index is 12.4. The van der Waals surface area contributed by atoms with Gasteiger partial charge in [0.05, 0.1) is 14.2 Å². The number of rotatable bonds is 10. The lowest BCUT2D eigenvalue weighted by Gasteiger charge is -2.16. The Morgan fingerprint density at radius 3 is 2.38 bits per heavy atom. The molecule has 0 aliphatic rings. The second-order valence-corrected chi connectivity index (χ2v) is 8.05.